The first-order valence-corrected chi connectivity index (χ1v) is 8.23. The number of hydrogen-bond acceptors (Lipinski definition) is 2. The molecule has 1 aromatic carbocycles. The van der Waals surface area contributed by atoms with Gasteiger partial charge in [0.2, 0.25) is 0 Å². The summed E-state index contributed by atoms with van der Waals surface area (Å²) in [5.74, 6) is 7.13. The highest BCUT2D eigenvalue weighted by molar-refractivity contribution is 7.99. The standard InChI is InChI=1S/C17H22OS/c18-13-5-4-6-15-9-11-16(12-10-15)14-19-17-7-2-1-3-8-17/h9-12,17-18H,1-3,5,7-8,13-14H2. The van der Waals surface area contributed by atoms with Crippen molar-refractivity contribution in [3.8, 4) is 11.8 Å². The van der Waals surface area contributed by atoms with Crippen molar-refractivity contribution in [3.63, 3.8) is 0 Å². The Balaban J connectivity index is 1.80. The molecule has 19 heavy (non-hydrogen) atoms. The van der Waals surface area contributed by atoms with E-state index >= 15 is 0 Å². The van der Waals surface area contributed by atoms with Crippen LogP contribution in [0, 0.1) is 11.8 Å². The lowest BCUT2D eigenvalue weighted by Gasteiger charge is -2.20. The van der Waals surface area contributed by atoms with Gasteiger partial charge in [0.1, 0.15) is 0 Å². The molecule has 0 spiro atoms. The van der Waals surface area contributed by atoms with Gasteiger partial charge in [-0.2, -0.15) is 11.8 Å². The molecule has 0 atom stereocenters. The van der Waals surface area contributed by atoms with Crippen molar-refractivity contribution in [3.05, 3.63) is 35.4 Å². The molecule has 102 valence electrons. The summed E-state index contributed by atoms with van der Waals surface area (Å²) in [4.78, 5) is 0. The van der Waals surface area contributed by atoms with Gasteiger partial charge in [-0.15, -0.1) is 0 Å². The molecule has 2 heteroatoms. The summed E-state index contributed by atoms with van der Waals surface area (Å²) in [7, 11) is 0. The predicted octanol–water partition coefficient (Wildman–Crippen LogP) is 3.99. The Bertz CT molecular complexity index is 421. The van der Waals surface area contributed by atoms with E-state index in [0.717, 1.165) is 16.6 Å². The van der Waals surface area contributed by atoms with Crippen molar-refractivity contribution >= 4 is 11.8 Å². The number of aliphatic hydroxyl groups excluding tert-OH is 1. The molecule has 0 heterocycles. The molecule has 1 saturated carbocycles. The maximum Gasteiger partial charge on any atom is 0.0540 e. The molecular formula is C17H22OS. The van der Waals surface area contributed by atoms with Gasteiger partial charge in [-0.1, -0.05) is 43.2 Å². The molecule has 0 bridgehead atoms. The van der Waals surface area contributed by atoms with Crippen LogP contribution in [-0.4, -0.2) is 17.0 Å². The Morgan fingerprint density at radius 3 is 2.53 bits per heavy atom. The third-order valence-electron chi connectivity index (χ3n) is 3.46. The van der Waals surface area contributed by atoms with Gasteiger partial charge >= 0.3 is 0 Å². The molecule has 0 aliphatic heterocycles. The Morgan fingerprint density at radius 1 is 1.11 bits per heavy atom. The van der Waals surface area contributed by atoms with E-state index < -0.39 is 0 Å². The number of rotatable bonds is 4. The molecule has 0 amide bonds. The van der Waals surface area contributed by atoms with Crippen molar-refractivity contribution in [2.24, 2.45) is 0 Å². The molecule has 1 aromatic rings. The fourth-order valence-corrected chi connectivity index (χ4v) is 3.64. The van der Waals surface area contributed by atoms with Gasteiger partial charge in [0.05, 0.1) is 6.61 Å². The molecule has 1 nitrogen and oxygen atoms in total. The lowest BCUT2D eigenvalue weighted by molar-refractivity contribution is 0.305. The highest BCUT2D eigenvalue weighted by Gasteiger charge is 2.13. The minimum atomic E-state index is 0.142. The van der Waals surface area contributed by atoms with Crippen LogP contribution in [-0.2, 0) is 5.75 Å². The second-order valence-corrected chi connectivity index (χ2v) is 6.33. The number of aliphatic hydroxyl groups is 1. The monoisotopic (exact) mass is 274 g/mol. The minimum Gasteiger partial charge on any atom is -0.395 e. The highest BCUT2D eigenvalue weighted by atomic mass is 32.2. The first kappa shape index (κ1) is 14.5. The second kappa shape index (κ2) is 8.30. The van der Waals surface area contributed by atoms with Crippen LogP contribution >= 0.6 is 11.8 Å². The molecule has 1 N–H and O–H groups in total. The van der Waals surface area contributed by atoms with Gasteiger partial charge < -0.3 is 5.11 Å². The van der Waals surface area contributed by atoms with E-state index in [1.54, 1.807) is 0 Å². The number of hydrogen-bond donors (Lipinski definition) is 1. The Hall–Kier alpha value is -0.910. The zero-order chi connectivity index (χ0) is 13.3. The van der Waals surface area contributed by atoms with E-state index in [1.807, 2.05) is 0 Å². The topological polar surface area (TPSA) is 20.2 Å². The van der Waals surface area contributed by atoms with E-state index in [9.17, 15) is 0 Å². The summed E-state index contributed by atoms with van der Waals surface area (Å²) in [6.45, 7) is 0.142. The maximum absolute atomic E-state index is 8.68. The summed E-state index contributed by atoms with van der Waals surface area (Å²) in [5, 5.41) is 9.55. The molecule has 1 aliphatic carbocycles. The Labute approximate surface area is 120 Å². The van der Waals surface area contributed by atoms with E-state index in [4.69, 9.17) is 5.11 Å². The summed E-state index contributed by atoms with van der Waals surface area (Å²) in [5.41, 5.74) is 2.43. The van der Waals surface area contributed by atoms with Crippen LogP contribution < -0.4 is 0 Å². The van der Waals surface area contributed by atoms with Crippen molar-refractivity contribution in [2.75, 3.05) is 6.61 Å². The molecule has 2 rings (SSSR count). The SMILES string of the molecule is OCCC#Cc1ccc(CSC2CCCCC2)cc1. The fraction of sp³-hybridized carbons (Fsp3) is 0.529. The van der Waals surface area contributed by atoms with Crippen LogP contribution in [0.1, 0.15) is 49.7 Å². The minimum absolute atomic E-state index is 0.142. The van der Waals surface area contributed by atoms with Crippen molar-refractivity contribution < 1.29 is 5.11 Å². The lowest BCUT2D eigenvalue weighted by Crippen LogP contribution is -2.08. The van der Waals surface area contributed by atoms with Crippen molar-refractivity contribution in [1.82, 2.24) is 0 Å². The smallest absolute Gasteiger partial charge is 0.0540 e. The van der Waals surface area contributed by atoms with Gasteiger partial charge in [0.15, 0.2) is 0 Å². The Morgan fingerprint density at radius 2 is 1.84 bits per heavy atom. The zero-order valence-electron chi connectivity index (χ0n) is 11.4. The van der Waals surface area contributed by atoms with Crippen LogP contribution in [0.25, 0.3) is 0 Å². The Kier molecular flexibility index (Phi) is 6.33. The van der Waals surface area contributed by atoms with Crippen LogP contribution in [0.3, 0.4) is 0 Å². The predicted molar refractivity (Wildman–Crippen MR) is 83.2 cm³/mol. The molecule has 1 aliphatic rings. The van der Waals surface area contributed by atoms with Crippen molar-refractivity contribution in [1.29, 1.82) is 0 Å². The third kappa shape index (κ3) is 5.30. The molecule has 0 radical (unpaired) electrons. The van der Waals surface area contributed by atoms with Crippen LogP contribution in [0.2, 0.25) is 0 Å². The van der Waals surface area contributed by atoms with E-state index in [-0.39, 0.29) is 6.61 Å². The summed E-state index contributed by atoms with van der Waals surface area (Å²) >= 11 is 2.11. The van der Waals surface area contributed by atoms with Gasteiger partial charge in [-0.3, -0.25) is 0 Å². The average molecular weight is 274 g/mol. The normalized spacial score (nSPS) is 15.8. The fourth-order valence-electron chi connectivity index (χ4n) is 2.35. The number of thioether (sulfide) groups is 1. The van der Waals surface area contributed by atoms with E-state index in [0.29, 0.717) is 6.42 Å². The van der Waals surface area contributed by atoms with E-state index in [1.165, 1.54) is 37.7 Å². The molecule has 0 saturated heterocycles. The summed E-state index contributed by atoms with van der Waals surface area (Å²) < 4.78 is 0. The van der Waals surface area contributed by atoms with Crippen LogP contribution in [0.4, 0.5) is 0 Å². The van der Waals surface area contributed by atoms with Gasteiger partial charge in [-0.25, -0.2) is 0 Å². The number of benzene rings is 1. The first-order valence-electron chi connectivity index (χ1n) is 7.19. The first-order chi connectivity index (χ1) is 9.38. The quantitative estimate of drug-likeness (QED) is 0.838. The molecule has 1 fully saturated rings. The van der Waals surface area contributed by atoms with Crippen molar-refractivity contribution in [2.45, 2.75) is 49.5 Å². The molecule has 0 aromatic heterocycles. The van der Waals surface area contributed by atoms with Gasteiger partial charge in [-0.05, 0) is 30.5 Å². The lowest BCUT2D eigenvalue weighted by atomic mass is 10.0. The maximum atomic E-state index is 8.68. The zero-order valence-corrected chi connectivity index (χ0v) is 12.2. The largest absolute Gasteiger partial charge is 0.395 e. The van der Waals surface area contributed by atoms with Crippen LogP contribution in [0.5, 0.6) is 0 Å². The highest BCUT2D eigenvalue weighted by Crippen LogP contribution is 2.30. The van der Waals surface area contributed by atoms with Gasteiger partial charge in [0.25, 0.3) is 0 Å². The summed E-state index contributed by atoms with van der Waals surface area (Å²) in [6, 6.07) is 8.53. The second-order valence-electron chi connectivity index (χ2n) is 5.04. The third-order valence-corrected chi connectivity index (χ3v) is 4.90. The molecule has 0 unspecified atom stereocenters. The molecular weight excluding hydrogens is 252 g/mol. The van der Waals surface area contributed by atoms with Gasteiger partial charge in [0, 0.05) is 23.0 Å². The summed E-state index contributed by atoms with van der Waals surface area (Å²) in [6.07, 6.45) is 7.61. The van der Waals surface area contributed by atoms with E-state index in [2.05, 4.69) is 47.9 Å². The average Bonchev–Trinajstić information content (AvgIpc) is 2.48. The van der Waals surface area contributed by atoms with Crippen LogP contribution in [0.15, 0.2) is 24.3 Å².